The number of benzene rings is 1. The number of thioether (sulfide) groups is 1. The summed E-state index contributed by atoms with van der Waals surface area (Å²) in [7, 11) is 0. The van der Waals surface area contributed by atoms with Crippen LogP contribution in [0.25, 0.3) is 5.69 Å². The number of ether oxygens (including phenoxy) is 1. The molecule has 0 saturated heterocycles. The van der Waals surface area contributed by atoms with Gasteiger partial charge in [-0.15, -0.1) is 18.3 Å². The molecule has 1 saturated carbocycles. The molecule has 2 aromatic rings. The van der Waals surface area contributed by atoms with E-state index in [4.69, 9.17) is 0 Å². The highest BCUT2D eigenvalue weighted by Gasteiger charge is 2.31. The standard InChI is InChI=1S/C15H16F3N5O2S/c1-9(10-2-3-10)19-13(24)8-26-14-20-21-22-23(14)11-4-6-12(7-5-11)25-15(16,17)18/h4-7,9-10H,2-3,8H2,1H3,(H,19,24)/t9-/m0/s1. The van der Waals surface area contributed by atoms with E-state index in [0.717, 1.165) is 24.6 Å². The molecule has 0 aliphatic heterocycles. The Hall–Kier alpha value is -2.30. The largest absolute Gasteiger partial charge is 0.573 e. The zero-order chi connectivity index (χ0) is 18.7. The van der Waals surface area contributed by atoms with Crippen molar-refractivity contribution < 1.29 is 22.7 Å². The van der Waals surface area contributed by atoms with Crippen LogP contribution in [0.15, 0.2) is 29.4 Å². The molecule has 1 N–H and O–H groups in total. The van der Waals surface area contributed by atoms with E-state index in [1.807, 2.05) is 6.92 Å². The number of hydrogen-bond acceptors (Lipinski definition) is 6. The van der Waals surface area contributed by atoms with Crippen LogP contribution in [0.4, 0.5) is 13.2 Å². The van der Waals surface area contributed by atoms with Gasteiger partial charge >= 0.3 is 6.36 Å². The summed E-state index contributed by atoms with van der Waals surface area (Å²) in [6.45, 7) is 1.98. The van der Waals surface area contributed by atoms with E-state index in [-0.39, 0.29) is 23.5 Å². The summed E-state index contributed by atoms with van der Waals surface area (Å²) in [4.78, 5) is 12.0. The van der Waals surface area contributed by atoms with E-state index in [9.17, 15) is 18.0 Å². The van der Waals surface area contributed by atoms with Crippen molar-refractivity contribution in [3.8, 4) is 11.4 Å². The van der Waals surface area contributed by atoms with Gasteiger partial charge in [0.1, 0.15) is 5.75 Å². The molecule has 1 fully saturated rings. The second-order valence-electron chi connectivity index (χ2n) is 5.90. The molecule has 11 heteroatoms. The number of aromatic nitrogens is 4. The predicted octanol–water partition coefficient (Wildman–Crippen LogP) is 2.57. The van der Waals surface area contributed by atoms with Crippen molar-refractivity contribution in [3.63, 3.8) is 0 Å². The summed E-state index contributed by atoms with van der Waals surface area (Å²) in [5.41, 5.74) is 0.457. The highest BCUT2D eigenvalue weighted by Crippen LogP contribution is 2.32. The van der Waals surface area contributed by atoms with Gasteiger partial charge in [-0.05, 0) is 60.4 Å². The van der Waals surface area contributed by atoms with Crippen molar-refractivity contribution in [2.75, 3.05) is 5.75 Å². The second-order valence-corrected chi connectivity index (χ2v) is 6.84. The van der Waals surface area contributed by atoms with Crippen LogP contribution in [0, 0.1) is 5.92 Å². The van der Waals surface area contributed by atoms with Crippen molar-refractivity contribution in [2.45, 2.75) is 37.3 Å². The maximum Gasteiger partial charge on any atom is 0.573 e. The van der Waals surface area contributed by atoms with Gasteiger partial charge in [-0.3, -0.25) is 4.79 Å². The molecule has 1 heterocycles. The summed E-state index contributed by atoms with van der Waals surface area (Å²) in [5, 5.41) is 14.5. The number of carbonyl (C=O) groups is 1. The number of halogens is 3. The number of carbonyl (C=O) groups excluding carboxylic acids is 1. The number of hydrogen-bond donors (Lipinski definition) is 1. The van der Waals surface area contributed by atoms with Gasteiger partial charge in [0.25, 0.3) is 0 Å². The van der Waals surface area contributed by atoms with Crippen molar-refractivity contribution in [1.82, 2.24) is 25.5 Å². The average Bonchev–Trinajstić information content (AvgIpc) is 3.31. The van der Waals surface area contributed by atoms with Crippen molar-refractivity contribution in [2.24, 2.45) is 5.92 Å². The highest BCUT2D eigenvalue weighted by molar-refractivity contribution is 7.99. The van der Waals surface area contributed by atoms with Gasteiger partial charge in [0.05, 0.1) is 11.4 Å². The Kier molecular flexibility index (Phi) is 5.35. The fourth-order valence-corrected chi connectivity index (χ4v) is 3.06. The van der Waals surface area contributed by atoms with E-state index >= 15 is 0 Å². The SMILES string of the molecule is C[C@H](NC(=O)CSc1nnnn1-c1ccc(OC(F)(F)F)cc1)C1CC1. The first kappa shape index (κ1) is 18.5. The Balaban J connectivity index is 1.60. The first-order valence-corrected chi connectivity index (χ1v) is 8.87. The molecule has 1 atom stereocenters. The van der Waals surface area contributed by atoms with Gasteiger partial charge < -0.3 is 10.1 Å². The fraction of sp³-hybridized carbons (Fsp3) is 0.467. The van der Waals surface area contributed by atoms with Gasteiger partial charge in [-0.25, -0.2) is 0 Å². The minimum absolute atomic E-state index is 0.113. The lowest BCUT2D eigenvalue weighted by Gasteiger charge is -2.12. The zero-order valence-electron chi connectivity index (χ0n) is 13.7. The maximum absolute atomic E-state index is 12.2. The number of alkyl halides is 3. The molecule has 140 valence electrons. The summed E-state index contributed by atoms with van der Waals surface area (Å²) in [6, 6.07) is 5.29. The average molecular weight is 387 g/mol. The summed E-state index contributed by atoms with van der Waals surface area (Å²) in [6.07, 6.45) is -2.47. The lowest BCUT2D eigenvalue weighted by Crippen LogP contribution is -2.35. The minimum Gasteiger partial charge on any atom is -0.406 e. The molecule has 3 rings (SSSR count). The first-order chi connectivity index (χ1) is 12.3. The second kappa shape index (κ2) is 7.52. The van der Waals surface area contributed by atoms with Crippen LogP contribution in [0.1, 0.15) is 19.8 Å². The van der Waals surface area contributed by atoms with Crippen LogP contribution in [0.2, 0.25) is 0 Å². The minimum atomic E-state index is -4.75. The summed E-state index contributed by atoms with van der Waals surface area (Å²) in [5.74, 6) is 0.258. The Morgan fingerprint density at radius 3 is 2.69 bits per heavy atom. The van der Waals surface area contributed by atoms with E-state index in [1.165, 1.54) is 28.9 Å². The third-order valence-electron chi connectivity index (χ3n) is 3.81. The molecule has 1 amide bonds. The lowest BCUT2D eigenvalue weighted by molar-refractivity contribution is -0.274. The lowest BCUT2D eigenvalue weighted by atomic mass is 10.2. The summed E-state index contributed by atoms with van der Waals surface area (Å²) < 4.78 is 41.8. The maximum atomic E-state index is 12.2. The predicted molar refractivity (Wildman–Crippen MR) is 86.9 cm³/mol. The fourth-order valence-electron chi connectivity index (χ4n) is 2.36. The molecule has 26 heavy (non-hydrogen) atoms. The topological polar surface area (TPSA) is 81.9 Å². The van der Waals surface area contributed by atoms with Crippen molar-refractivity contribution >= 4 is 17.7 Å². The molecule has 0 unspecified atom stereocenters. The number of amides is 1. The van der Waals surface area contributed by atoms with Crippen LogP contribution in [0.3, 0.4) is 0 Å². The smallest absolute Gasteiger partial charge is 0.406 e. The molecule has 0 bridgehead atoms. The number of rotatable bonds is 7. The third-order valence-corrected chi connectivity index (χ3v) is 4.73. The number of nitrogens with zero attached hydrogens (tertiary/aromatic N) is 4. The van der Waals surface area contributed by atoms with Crippen LogP contribution in [0.5, 0.6) is 5.75 Å². The number of nitrogens with one attached hydrogen (secondary N) is 1. The Morgan fingerprint density at radius 2 is 2.08 bits per heavy atom. The Morgan fingerprint density at radius 1 is 1.38 bits per heavy atom. The monoisotopic (exact) mass is 387 g/mol. The first-order valence-electron chi connectivity index (χ1n) is 7.88. The molecular formula is C15H16F3N5O2S. The highest BCUT2D eigenvalue weighted by atomic mass is 32.2. The molecule has 1 aliphatic carbocycles. The normalized spacial score (nSPS) is 15.5. The zero-order valence-corrected chi connectivity index (χ0v) is 14.5. The molecular weight excluding hydrogens is 371 g/mol. The third kappa shape index (κ3) is 5.10. The van der Waals surface area contributed by atoms with E-state index < -0.39 is 6.36 Å². The quantitative estimate of drug-likeness (QED) is 0.736. The van der Waals surface area contributed by atoms with Gasteiger partial charge in [0, 0.05) is 6.04 Å². The van der Waals surface area contributed by atoms with Crippen LogP contribution in [-0.4, -0.2) is 44.3 Å². The Labute approximate surface area is 151 Å². The van der Waals surface area contributed by atoms with Gasteiger partial charge in [0.2, 0.25) is 11.1 Å². The molecule has 0 spiro atoms. The van der Waals surface area contributed by atoms with E-state index in [2.05, 4.69) is 25.6 Å². The van der Waals surface area contributed by atoms with Gasteiger partial charge in [-0.1, -0.05) is 11.8 Å². The molecule has 0 radical (unpaired) electrons. The van der Waals surface area contributed by atoms with Crippen LogP contribution in [-0.2, 0) is 4.79 Å². The van der Waals surface area contributed by atoms with Crippen LogP contribution >= 0.6 is 11.8 Å². The van der Waals surface area contributed by atoms with Gasteiger partial charge in [-0.2, -0.15) is 4.68 Å². The Bertz CT molecular complexity index is 761. The van der Waals surface area contributed by atoms with E-state index in [0.29, 0.717) is 16.8 Å². The molecule has 1 aromatic carbocycles. The van der Waals surface area contributed by atoms with Crippen LogP contribution < -0.4 is 10.1 Å². The molecule has 1 aliphatic rings. The van der Waals surface area contributed by atoms with Gasteiger partial charge in [0.15, 0.2) is 0 Å². The molecule has 1 aromatic heterocycles. The molecule has 7 nitrogen and oxygen atoms in total. The summed E-state index contributed by atoms with van der Waals surface area (Å²) >= 11 is 1.15. The van der Waals surface area contributed by atoms with E-state index in [1.54, 1.807) is 0 Å². The number of tetrazole rings is 1. The van der Waals surface area contributed by atoms with Crippen molar-refractivity contribution in [1.29, 1.82) is 0 Å². The van der Waals surface area contributed by atoms with Crippen molar-refractivity contribution in [3.05, 3.63) is 24.3 Å².